The van der Waals surface area contributed by atoms with Crippen molar-refractivity contribution < 1.29 is 0 Å². The Balaban J connectivity index is 2.21. The van der Waals surface area contributed by atoms with E-state index in [1.165, 1.54) is 0 Å². The molecular formula is C12H17N3S. The van der Waals surface area contributed by atoms with Gasteiger partial charge < -0.3 is 10.6 Å². The highest BCUT2D eigenvalue weighted by molar-refractivity contribution is 7.80. The second kappa shape index (κ2) is 4.37. The van der Waals surface area contributed by atoms with Crippen LogP contribution >= 0.6 is 12.2 Å². The van der Waals surface area contributed by atoms with Gasteiger partial charge in [-0.25, -0.2) is 4.98 Å². The minimum Gasteiger partial charge on any atom is -0.388 e. The van der Waals surface area contributed by atoms with Gasteiger partial charge in [-0.3, -0.25) is 0 Å². The summed E-state index contributed by atoms with van der Waals surface area (Å²) in [7, 11) is 0. The highest BCUT2D eigenvalue weighted by Gasteiger charge is 2.26. The van der Waals surface area contributed by atoms with Crippen LogP contribution in [0.2, 0.25) is 0 Å². The van der Waals surface area contributed by atoms with Crippen molar-refractivity contribution in [2.75, 3.05) is 18.0 Å². The molecular weight excluding hydrogens is 218 g/mol. The Morgan fingerprint density at radius 3 is 2.56 bits per heavy atom. The minimum absolute atomic E-state index is 0.363. The normalized spacial score (nSPS) is 24.8. The van der Waals surface area contributed by atoms with Crippen molar-refractivity contribution in [3.8, 4) is 0 Å². The molecule has 2 N–H and O–H groups in total. The summed E-state index contributed by atoms with van der Waals surface area (Å²) in [6.45, 7) is 6.69. The highest BCUT2D eigenvalue weighted by Crippen LogP contribution is 2.26. The summed E-state index contributed by atoms with van der Waals surface area (Å²) in [5.74, 6) is 2.42. The first-order valence-corrected chi connectivity index (χ1v) is 6.00. The van der Waals surface area contributed by atoms with Gasteiger partial charge in [0.15, 0.2) is 0 Å². The summed E-state index contributed by atoms with van der Waals surface area (Å²) in [6.07, 6.45) is 0. The number of hydrogen-bond acceptors (Lipinski definition) is 3. The first kappa shape index (κ1) is 11.3. The minimum atomic E-state index is 0.363. The lowest BCUT2D eigenvalue weighted by molar-refractivity contribution is 0.494. The van der Waals surface area contributed by atoms with Crippen molar-refractivity contribution in [3.63, 3.8) is 0 Å². The number of anilines is 1. The molecule has 0 spiro atoms. The zero-order valence-corrected chi connectivity index (χ0v) is 10.5. The third-order valence-electron chi connectivity index (χ3n) is 3.30. The van der Waals surface area contributed by atoms with Crippen LogP contribution in [0.4, 0.5) is 5.82 Å². The molecule has 1 saturated heterocycles. The Labute approximate surface area is 102 Å². The van der Waals surface area contributed by atoms with E-state index in [4.69, 9.17) is 18.0 Å². The van der Waals surface area contributed by atoms with Gasteiger partial charge in [0.05, 0.1) is 5.69 Å². The van der Waals surface area contributed by atoms with Crippen LogP contribution in [-0.2, 0) is 0 Å². The molecule has 1 aromatic rings. The van der Waals surface area contributed by atoms with Crippen molar-refractivity contribution in [1.29, 1.82) is 0 Å². The molecule has 0 amide bonds. The van der Waals surface area contributed by atoms with Gasteiger partial charge in [-0.2, -0.15) is 0 Å². The molecule has 86 valence electrons. The summed E-state index contributed by atoms with van der Waals surface area (Å²) in [5, 5.41) is 0. The Kier molecular flexibility index (Phi) is 3.10. The summed E-state index contributed by atoms with van der Waals surface area (Å²) in [4.78, 5) is 7.15. The predicted octanol–water partition coefficient (Wildman–Crippen LogP) is 1.81. The summed E-state index contributed by atoms with van der Waals surface area (Å²) >= 11 is 4.94. The Morgan fingerprint density at radius 1 is 1.38 bits per heavy atom. The number of nitrogens with zero attached hydrogens (tertiary/aromatic N) is 2. The van der Waals surface area contributed by atoms with E-state index in [1.807, 2.05) is 18.2 Å². The van der Waals surface area contributed by atoms with Crippen LogP contribution < -0.4 is 10.6 Å². The van der Waals surface area contributed by atoms with Crippen molar-refractivity contribution in [2.24, 2.45) is 17.6 Å². The smallest absolute Gasteiger partial charge is 0.129 e. The lowest BCUT2D eigenvalue weighted by atomic mass is 10.0. The number of thiocarbonyl (C=S) groups is 1. The van der Waals surface area contributed by atoms with Crippen LogP contribution in [0.25, 0.3) is 0 Å². The summed E-state index contributed by atoms with van der Waals surface area (Å²) in [6, 6.07) is 5.84. The molecule has 1 aliphatic heterocycles. The van der Waals surface area contributed by atoms with Gasteiger partial charge >= 0.3 is 0 Å². The standard InChI is InChI=1S/C12H17N3S/c1-8-6-15(7-9(8)2)11-5-3-4-10(14-11)12(13)16/h3-5,8-9H,6-7H2,1-2H3,(H2,13,16). The zero-order valence-electron chi connectivity index (χ0n) is 9.68. The van der Waals surface area contributed by atoms with E-state index in [2.05, 4.69) is 23.7 Å². The van der Waals surface area contributed by atoms with Gasteiger partial charge in [0.2, 0.25) is 0 Å². The molecule has 0 radical (unpaired) electrons. The summed E-state index contributed by atoms with van der Waals surface area (Å²) in [5.41, 5.74) is 6.29. The molecule has 0 aromatic carbocycles. The van der Waals surface area contributed by atoms with Gasteiger partial charge in [0.25, 0.3) is 0 Å². The highest BCUT2D eigenvalue weighted by atomic mass is 32.1. The molecule has 3 nitrogen and oxygen atoms in total. The van der Waals surface area contributed by atoms with Gasteiger partial charge in [-0.05, 0) is 24.0 Å². The van der Waals surface area contributed by atoms with Crippen molar-refractivity contribution in [2.45, 2.75) is 13.8 Å². The molecule has 1 fully saturated rings. The lowest BCUT2D eigenvalue weighted by Gasteiger charge is -2.17. The maximum atomic E-state index is 5.59. The van der Waals surface area contributed by atoms with Gasteiger partial charge in [-0.15, -0.1) is 0 Å². The molecule has 2 atom stereocenters. The van der Waals surface area contributed by atoms with Crippen molar-refractivity contribution in [3.05, 3.63) is 23.9 Å². The second-order valence-electron chi connectivity index (χ2n) is 4.60. The lowest BCUT2D eigenvalue weighted by Crippen LogP contribution is -2.22. The first-order chi connectivity index (χ1) is 7.58. The quantitative estimate of drug-likeness (QED) is 0.794. The third-order valence-corrected chi connectivity index (χ3v) is 3.51. The SMILES string of the molecule is CC1CN(c2cccc(C(N)=S)n2)CC1C. The van der Waals surface area contributed by atoms with E-state index < -0.39 is 0 Å². The Hall–Kier alpha value is -1.16. The van der Waals surface area contributed by atoms with E-state index in [0.717, 1.165) is 30.7 Å². The third kappa shape index (κ3) is 2.16. The van der Waals surface area contributed by atoms with Crippen molar-refractivity contribution >= 4 is 23.0 Å². The molecule has 4 heteroatoms. The van der Waals surface area contributed by atoms with Crippen LogP contribution in [-0.4, -0.2) is 23.1 Å². The van der Waals surface area contributed by atoms with E-state index in [9.17, 15) is 0 Å². The average molecular weight is 235 g/mol. The largest absolute Gasteiger partial charge is 0.388 e. The molecule has 1 aromatic heterocycles. The summed E-state index contributed by atoms with van der Waals surface area (Å²) < 4.78 is 0. The fourth-order valence-corrected chi connectivity index (χ4v) is 2.17. The second-order valence-corrected chi connectivity index (χ2v) is 5.04. The van der Waals surface area contributed by atoms with Crippen LogP contribution in [0.3, 0.4) is 0 Å². The molecule has 2 rings (SSSR count). The fourth-order valence-electron chi connectivity index (χ4n) is 2.05. The predicted molar refractivity (Wildman–Crippen MR) is 70.7 cm³/mol. The topological polar surface area (TPSA) is 42.1 Å². The van der Waals surface area contributed by atoms with E-state index in [0.29, 0.717) is 10.7 Å². The number of pyridine rings is 1. The van der Waals surface area contributed by atoms with E-state index >= 15 is 0 Å². The number of hydrogen-bond donors (Lipinski definition) is 1. The fraction of sp³-hybridized carbons (Fsp3) is 0.500. The molecule has 2 unspecified atom stereocenters. The van der Waals surface area contributed by atoms with Crippen molar-refractivity contribution in [1.82, 2.24) is 4.98 Å². The van der Waals surface area contributed by atoms with Crippen LogP contribution in [0.15, 0.2) is 18.2 Å². The average Bonchev–Trinajstić information content (AvgIpc) is 2.59. The maximum absolute atomic E-state index is 5.59. The molecule has 2 heterocycles. The van der Waals surface area contributed by atoms with Crippen LogP contribution in [0.1, 0.15) is 19.5 Å². The maximum Gasteiger partial charge on any atom is 0.129 e. The van der Waals surface area contributed by atoms with Crippen LogP contribution in [0, 0.1) is 11.8 Å². The van der Waals surface area contributed by atoms with Gasteiger partial charge in [0.1, 0.15) is 10.8 Å². The number of nitrogens with two attached hydrogens (primary N) is 1. The Bertz CT molecular complexity index is 395. The molecule has 0 saturated carbocycles. The number of aromatic nitrogens is 1. The van der Waals surface area contributed by atoms with Gasteiger partial charge in [0, 0.05) is 13.1 Å². The zero-order chi connectivity index (χ0) is 11.7. The Morgan fingerprint density at radius 2 is 2.00 bits per heavy atom. The first-order valence-electron chi connectivity index (χ1n) is 5.59. The van der Waals surface area contributed by atoms with E-state index in [1.54, 1.807) is 0 Å². The molecule has 16 heavy (non-hydrogen) atoms. The molecule has 1 aliphatic rings. The molecule has 0 bridgehead atoms. The van der Waals surface area contributed by atoms with E-state index in [-0.39, 0.29) is 0 Å². The van der Waals surface area contributed by atoms with Crippen LogP contribution in [0.5, 0.6) is 0 Å². The number of rotatable bonds is 2. The van der Waals surface area contributed by atoms with Gasteiger partial charge in [-0.1, -0.05) is 32.1 Å². The monoisotopic (exact) mass is 235 g/mol. The molecule has 0 aliphatic carbocycles.